The van der Waals surface area contributed by atoms with Crippen LogP contribution in [-0.2, 0) is 15.0 Å². The third kappa shape index (κ3) is 5.30. The summed E-state index contributed by atoms with van der Waals surface area (Å²) in [7, 11) is 0. The van der Waals surface area contributed by atoms with Gasteiger partial charge in [0.2, 0.25) is 11.8 Å². The first-order chi connectivity index (χ1) is 11.7. The van der Waals surface area contributed by atoms with Crippen LogP contribution in [0, 0.1) is 5.92 Å². The SMILES string of the molecule is C[C@H](NC(=O)C1CCC1)C(=O)NC[C@H](O)c1ccc(C(C)(C)C)cc1. The number of aliphatic hydroxyl groups is 1. The van der Waals surface area contributed by atoms with Crippen molar-refractivity contribution < 1.29 is 14.7 Å². The Morgan fingerprint density at radius 3 is 2.28 bits per heavy atom. The molecule has 1 fully saturated rings. The van der Waals surface area contributed by atoms with Gasteiger partial charge in [0.15, 0.2) is 0 Å². The minimum atomic E-state index is -0.771. The molecule has 1 aliphatic rings. The van der Waals surface area contributed by atoms with Gasteiger partial charge in [0, 0.05) is 12.5 Å². The predicted octanol–water partition coefficient (Wildman–Crippen LogP) is 2.44. The lowest BCUT2D eigenvalue weighted by molar-refractivity contribution is -0.132. The summed E-state index contributed by atoms with van der Waals surface area (Å²) in [5, 5.41) is 15.7. The van der Waals surface area contributed by atoms with Crippen molar-refractivity contribution in [3.05, 3.63) is 35.4 Å². The molecule has 1 saturated carbocycles. The van der Waals surface area contributed by atoms with Crippen molar-refractivity contribution in [2.45, 2.75) is 64.5 Å². The zero-order chi connectivity index (χ0) is 18.6. The third-order valence-corrected chi connectivity index (χ3v) is 4.86. The molecule has 1 aromatic rings. The van der Waals surface area contributed by atoms with E-state index in [1.165, 1.54) is 5.56 Å². The lowest BCUT2D eigenvalue weighted by atomic mass is 9.84. The Morgan fingerprint density at radius 2 is 1.80 bits per heavy atom. The van der Waals surface area contributed by atoms with Crippen LogP contribution in [0.5, 0.6) is 0 Å². The Labute approximate surface area is 150 Å². The van der Waals surface area contributed by atoms with Gasteiger partial charge in [-0.15, -0.1) is 0 Å². The molecule has 1 aliphatic carbocycles. The fourth-order valence-electron chi connectivity index (χ4n) is 2.74. The molecule has 0 aromatic heterocycles. The summed E-state index contributed by atoms with van der Waals surface area (Å²) >= 11 is 0. The van der Waals surface area contributed by atoms with E-state index < -0.39 is 12.1 Å². The summed E-state index contributed by atoms with van der Waals surface area (Å²) in [6.45, 7) is 8.20. The van der Waals surface area contributed by atoms with E-state index in [1.54, 1.807) is 6.92 Å². The lowest BCUT2D eigenvalue weighted by Crippen LogP contribution is -2.48. The third-order valence-electron chi connectivity index (χ3n) is 4.86. The molecule has 5 heteroatoms. The van der Waals surface area contributed by atoms with Crippen molar-refractivity contribution >= 4 is 11.8 Å². The van der Waals surface area contributed by atoms with E-state index in [2.05, 4.69) is 31.4 Å². The molecule has 1 aromatic carbocycles. The Hall–Kier alpha value is -1.88. The molecule has 0 heterocycles. The Morgan fingerprint density at radius 1 is 1.20 bits per heavy atom. The fraction of sp³-hybridized carbons (Fsp3) is 0.600. The second-order valence-corrected chi connectivity index (χ2v) is 7.99. The number of hydrogen-bond acceptors (Lipinski definition) is 3. The molecule has 0 unspecified atom stereocenters. The van der Waals surface area contributed by atoms with Gasteiger partial charge in [0.05, 0.1) is 6.10 Å². The monoisotopic (exact) mass is 346 g/mol. The number of aliphatic hydroxyl groups excluding tert-OH is 1. The van der Waals surface area contributed by atoms with Crippen LogP contribution in [0.3, 0.4) is 0 Å². The number of rotatable bonds is 6. The summed E-state index contributed by atoms with van der Waals surface area (Å²) in [6, 6.07) is 7.19. The molecule has 2 amide bonds. The topological polar surface area (TPSA) is 78.4 Å². The van der Waals surface area contributed by atoms with E-state index in [4.69, 9.17) is 0 Å². The van der Waals surface area contributed by atoms with Gasteiger partial charge >= 0.3 is 0 Å². The Balaban J connectivity index is 1.81. The minimum Gasteiger partial charge on any atom is -0.387 e. The van der Waals surface area contributed by atoms with E-state index in [-0.39, 0.29) is 29.7 Å². The highest BCUT2D eigenvalue weighted by Gasteiger charge is 2.27. The maximum absolute atomic E-state index is 12.1. The molecule has 25 heavy (non-hydrogen) atoms. The molecule has 3 N–H and O–H groups in total. The van der Waals surface area contributed by atoms with E-state index in [9.17, 15) is 14.7 Å². The van der Waals surface area contributed by atoms with Crippen LogP contribution in [0.2, 0.25) is 0 Å². The normalized spacial score (nSPS) is 17.3. The highest BCUT2D eigenvalue weighted by molar-refractivity contribution is 5.88. The van der Waals surface area contributed by atoms with E-state index in [1.807, 2.05) is 24.3 Å². The molecule has 0 aliphatic heterocycles. The second-order valence-electron chi connectivity index (χ2n) is 7.99. The highest BCUT2D eigenvalue weighted by atomic mass is 16.3. The lowest BCUT2D eigenvalue weighted by Gasteiger charge is -2.26. The smallest absolute Gasteiger partial charge is 0.242 e. The summed E-state index contributed by atoms with van der Waals surface area (Å²) in [5.41, 5.74) is 2.02. The Bertz CT molecular complexity index is 600. The zero-order valence-corrected chi connectivity index (χ0v) is 15.6. The predicted molar refractivity (Wildman–Crippen MR) is 98.1 cm³/mol. The average Bonchev–Trinajstić information content (AvgIpc) is 2.49. The molecule has 0 bridgehead atoms. The number of amides is 2. The molecule has 0 saturated heterocycles. The van der Waals surface area contributed by atoms with Crippen LogP contribution in [0.25, 0.3) is 0 Å². The van der Waals surface area contributed by atoms with Crippen molar-refractivity contribution in [2.24, 2.45) is 5.92 Å². The van der Waals surface area contributed by atoms with Gasteiger partial charge in [-0.1, -0.05) is 51.5 Å². The summed E-state index contributed by atoms with van der Waals surface area (Å²) in [5.74, 6) is -0.271. The fourth-order valence-corrected chi connectivity index (χ4v) is 2.74. The van der Waals surface area contributed by atoms with Crippen molar-refractivity contribution in [3.63, 3.8) is 0 Å². The van der Waals surface area contributed by atoms with Gasteiger partial charge in [0.1, 0.15) is 6.04 Å². The zero-order valence-electron chi connectivity index (χ0n) is 15.6. The second kappa shape index (κ2) is 8.00. The van der Waals surface area contributed by atoms with Gasteiger partial charge in [-0.2, -0.15) is 0 Å². The molecule has 0 spiro atoms. The molecular formula is C20H30N2O3. The number of benzene rings is 1. The molecular weight excluding hydrogens is 316 g/mol. The average molecular weight is 346 g/mol. The molecule has 138 valence electrons. The summed E-state index contributed by atoms with van der Waals surface area (Å²) in [6.07, 6.45) is 2.12. The van der Waals surface area contributed by atoms with Gasteiger partial charge in [0.25, 0.3) is 0 Å². The van der Waals surface area contributed by atoms with Crippen LogP contribution in [0.4, 0.5) is 0 Å². The van der Waals surface area contributed by atoms with E-state index in [0.29, 0.717) is 0 Å². The first kappa shape index (κ1) is 19.4. The quantitative estimate of drug-likeness (QED) is 0.740. The first-order valence-electron chi connectivity index (χ1n) is 9.05. The number of carbonyl (C=O) groups excluding carboxylic acids is 2. The van der Waals surface area contributed by atoms with Crippen molar-refractivity contribution in [1.29, 1.82) is 0 Å². The van der Waals surface area contributed by atoms with Crippen molar-refractivity contribution in [2.75, 3.05) is 6.54 Å². The van der Waals surface area contributed by atoms with Crippen LogP contribution in [-0.4, -0.2) is 29.5 Å². The van der Waals surface area contributed by atoms with E-state index in [0.717, 1.165) is 24.8 Å². The summed E-state index contributed by atoms with van der Waals surface area (Å²) in [4.78, 5) is 24.0. The number of nitrogens with one attached hydrogen (secondary N) is 2. The maximum atomic E-state index is 12.1. The molecule has 0 radical (unpaired) electrons. The molecule has 2 atom stereocenters. The number of carbonyl (C=O) groups is 2. The van der Waals surface area contributed by atoms with Gasteiger partial charge in [-0.05, 0) is 36.3 Å². The van der Waals surface area contributed by atoms with E-state index >= 15 is 0 Å². The van der Waals surface area contributed by atoms with Crippen molar-refractivity contribution in [1.82, 2.24) is 10.6 Å². The van der Waals surface area contributed by atoms with Crippen LogP contribution >= 0.6 is 0 Å². The van der Waals surface area contributed by atoms with Crippen LogP contribution < -0.4 is 10.6 Å². The maximum Gasteiger partial charge on any atom is 0.242 e. The first-order valence-corrected chi connectivity index (χ1v) is 9.05. The standard InChI is InChI=1S/C20H30N2O3/c1-13(22-19(25)15-6-5-7-15)18(24)21-12-17(23)14-8-10-16(11-9-14)20(2,3)4/h8-11,13,15,17,23H,5-7,12H2,1-4H3,(H,21,24)(H,22,25)/t13-,17-/m0/s1. The van der Waals surface area contributed by atoms with Gasteiger partial charge < -0.3 is 15.7 Å². The minimum absolute atomic E-state index is 0.0489. The molecule has 5 nitrogen and oxygen atoms in total. The Kier molecular flexibility index (Phi) is 6.22. The summed E-state index contributed by atoms with van der Waals surface area (Å²) < 4.78 is 0. The van der Waals surface area contributed by atoms with Crippen LogP contribution in [0.15, 0.2) is 24.3 Å². The molecule has 2 rings (SSSR count). The highest BCUT2D eigenvalue weighted by Crippen LogP contribution is 2.26. The van der Waals surface area contributed by atoms with Crippen molar-refractivity contribution in [3.8, 4) is 0 Å². The largest absolute Gasteiger partial charge is 0.387 e. The number of hydrogen-bond donors (Lipinski definition) is 3. The van der Waals surface area contributed by atoms with Gasteiger partial charge in [-0.3, -0.25) is 9.59 Å². The van der Waals surface area contributed by atoms with Crippen LogP contribution in [0.1, 0.15) is 64.2 Å². The van der Waals surface area contributed by atoms with Gasteiger partial charge in [-0.25, -0.2) is 0 Å².